The van der Waals surface area contributed by atoms with E-state index in [9.17, 15) is 15.3 Å². The Morgan fingerprint density at radius 3 is 2.65 bits per heavy atom. The number of rotatable bonds is 2. The maximum atomic E-state index is 10.2. The van der Waals surface area contributed by atoms with E-state index in [0.29, 0.717) is 11.2 Å². The predicted molar refractivity (Wildman–Crippen MR) is 74.1 cm³/mol. The number of aromatic nitrogens is 4. The molecule has 8 nitrogen and oxygen atoms in total. The van der Waals surface area contributed by atoms with Crippen LogP contribution in [0.3, 0.4) is 0 Å². The average Bonchev–Trinajstić information content (AvgIpc) is 2.92. The maximum absolute atomic E-state index is 10.2. The Morgan fingerprint density at radius 2 is 2.00 bits per heavy atom. The summed E-state index contributed by atoms with van der Waals surface area (Å²) in [5, 5.41) is 29.0. The number of aliphatic hydroxyl groups is 3. The van der Waals surface area contributed by atoms with Crippen LogP contribution in [0.5, 0.6) is 0 Å². The van der Waals surface area contributed by atoms with Gasteiger partial charge in [0.1, 0.15) is 17.9 Å². The number of nitrogen functional groups attached to an aromatic ring is 1. The van der Waals surface area contributed by atoms with Crippen LogP contribution in [0.2, 0.25) is 0 Å². The minimum Gasteiger partial charge on any atom is -0.396 e. The van der Waals surface area contributed by atoms with Gasteiger partial charge in [0.15, 0.2) is 11.5 Å². The van der Waals surface area contributed by atoms with Crippen molar-refractivity contribution in [3.05, 3.63) is 12.7 Å². The summed E-state index contributed by atoms with van der Waals surface area (Å²) in [7, 11) is 0. The van der Waals surface area contributed by atoms with Crippen molar-refractivity contribution in [3.8, 4) is 0 Å². The second kappa shape index (κ2) is 4.85. The molecule has 9 heteroatoms. The number of anilines is 1. The zero-order valence-electron chi connectivity index (χ0n) is 10.4. The highest BCUT2D eigenvalue weighted by atomic mass is 32.1. The van der Waals surface area contributed by atoms with Crippen LogP contribution < -0.4 is 5.73 Å². The summed E-state index contributed by atoms with van der Waals surface area (Å²) in [6.45, 7) is -0.257. The summed E-state index contributed by atoms with van der Waals surface area (Å²) in [6.07, 6.45) is 0.677. The molecule has 1 aliphatic rings. The monoisotopic (exact) mass is 297 g/mol. The van der Waals surface area contributed by atoms with Gasteiger partial charge in [0.2, 0.25) is 0 Å². The second-order valence-electron chi connectivity index (χ2n) is 4.89. The molecule has 0 saturated heterocycles. The molecule has 0 aromatic carbocycles. The number of nitrogens with two attached hydrogens (primary N) is 1. The first-order chi connectivity index (χ1) is 9.56. The molecule has 1 saturated carbocycles. The maximum Gasteiger partial charge on any atom is 0.165 e. The highest BCUT2D eigenvalue weighted by molar-refractivity contribution is 7.81. The van der Waals surface area contributed by atoms with Gasteiger partial charge in [-0.05, 0) is 0 Å². The Balaban J connectivity index is 2.09. The molecule has 5 atom stereocenters. The summed E-state index contributed by atoms with van der Waals surface area (Å²) < 4.78 is 1.62. The van der Waals surface area contributed by atoms with Crippen molar-refractivity contribution in [3.63, 3.8) is 0 Å². The number of thiol groups is 1. The lowest BCUT2D eigenvalue weighted by atomic mass is 10.1. The van der Waals surface area contributed by atoms with E-state index in [1.165, 1.54) is 12.7 Å². The van der Waals surface area contributed by atoms with Gasteiger partial charge in [-0.3, -0.25) is 0 Å². The topological polar surface area (TPSA) is 130 Å². The van der Waals surface area contributed by atoms with E-state index >= 15 is 0 Å². The van der Waals surface area contributed by atoms with E-state index in [1.807, 2.05) is 0 Å². The molecular formula is C11H15N5O3S. The number of nitrogens with zero attached hydrogens (tertiary/aromatic N) is 4. The summed E-state index contributed by atoms with van der Waals surface area (Å²) in [6, 6.07) is -0.551. The molecule has 0 amide bonds. The van der Waals surface area contributed by atoms with Crippen molar-refractivity contribution >= 4 is 29.6 Å². The predicted octanol–water partition coefficient (Wildman–Crippen LogP) is -1.41. The minimum absolute atomic E-state index is 0.246. The Labute approximate surface area is 119 Å². The zero-order chi connectivity index (χ0) is 14.4. The molecule has 0 aliphatic heterocycles. The van der Waals surface area contributed by atoms with Gasteiger partial charge in [-0.1, -0.05) is 0 Å². The SMILES string of the molecule is Nc1ncnc2c1ncn2[C@@H]1C(S)[C@H](CO)[C@@H](O)[C@H]1O. The van der Waals surface area contributed by atoms with Crippen LogP contribution in [0.25, 0.3) is 11.2 Å². The molecule has 1 fully saturated rings. The Kier molecular flexibility index (Phi) is 3.28. The second-order valence-corrected chi connectivity index (χ2v) is 5.49. The summed E-state index contributed by atoms with van der Waals surface area (Å²) >= 11 is 4.42. The lowest BCUT2D eigenvalue weighted by Crippen LogP contribution is -2.30. The fourth-order valence-electron chi connectivity index (χ4n) is 2.75. The van der Waals surface area contributed by atoms with Crippen LogP contribution in [-0.2, 0) is 0 Å². The third-order valence-corrected chi connectivity index (χ3v) is 4.53. The molecule has 1 aliphatic carbocycles. The van der Waals surface area contributed by atoms with E-state index in [0.717, 1.165) is 0 Å². The number of fused-ring (bicyclic) bond motifs is 1. The lowest BCUT2D eigenvalue weighted by molar-refractivity contribution is -0.00362. The van der Waals surface area contributed by atoms with Gasteiger partial charge < -0.3 is 25.6 Å². The van der Waals surface area contributed by atoms with Crippen LogP contribution in [0, 0.1) is 5.92 Å². The molecule has 1 unspecified atom stereocenters. The Hall–Kier alpha value is -1.42. The number of hydrogen-bond donors (Lipinski definition) is 5. The van der Waals surface area contributed by atoms with E-state index in [2.05, 4.69) is 27.6 Å². The number of hydrogen-bond acceptors (Lipinski definition) is 8. The fraction of sp³-hybridized carbons (Fsp3) is 0.545. The van der Waals surface area contributed by atoms with Gasteiger partial charge in [-0.2, -0.15) is 12.6 Å². The largest absolute Gasteiger partial charge is 0.396 e. The van der Waals surface area contributed by atoms with Crippen molar-refractivity contribution in [2.45, 2.75) is 23.5 Å². The molecule has 0 bridgehead atoms. The summed E-state index contributed by atoms with van der Waals surface area (Å²) in [5.74, 6) is -0.272. The lowest BCUT2D eigenvalue weighted by Gasteiger charge is -2.21. The molecule has 108 valence electrons. The third kappa shape index (κ3) is 1.78. The zero-order valence-corrected chi connectivity index (χ0v) is 11.3. The van der Waals surface area contributed by atoms with E-state index in [1.54, 1.807) is 4.57 Å². The Morgan fingerprint density at radius 1 is 1.25 bits per heavy atom. The van der Waals surface area contributed by atoms with Crippen molar-refractivity contribution < 1.29 is 15.3 Å². The first kappa shape index (κ1) is 13.6. The fourth-order valence-corrected chi connectivity index (χ4v) is 3.34. The molecule has 3 rings (SSSR count). The van der Waals surface area contributed by atoms with Crippen molar-refractivity contribution in [2.75, 3.05) is 12.3 Å². The van der Waals surface area contributed by atoms with Gasteiger partial charge >= 0.3 is 0 Å². The van der Waals surface area contributed by atoms with Crippen LogP contribution in [0.15, 0.2) is 12.7 Å². The first-order valence-corrected chi connectivity index (χ1v) is 6.66. The molecular weight excluding hydrogens is 282 g/mol. The van der Waals surface area contributed by atoms with Crippen LogP contribution in [0.4, 0.5) is 5.82 Å². The number of aliphatic hydroxyl groups excluding tert-OH is 3. The van der Waals surface area contributed by atoms with Crippen molar-refractivity contribution in [2.24, 2.45) is 5.92 Å². The van der Waals surface area contributed by atoms with Crippen LogP contribution in [-0.4, -0.2) is 58.9 Å². The quantitative estimate of drug-likeness (QED) is 0.431. The van der Waals surface area contributed by atoms with Gasteiger partial charge in [0.25, 0.3) is 0 Å². The molecule has 0 spiro atoms. The third-order valence-electron chi connectivity index (χ3n) is 3.85. The van der Waals surface area contributed by atoms with Gasteiger partial charge in [0, 0.05) is 17.8 Å². The molecule has 0 radical (unpaired) electrons. The molecule has 5 N–H and O–H groups in total. The van der Waals surface area contributed by atoms with Gasteiger partial charge in [-0.25, -0.2) is 15.0 Å². The van der Waals surface area contributed by atoms with Crippen LogP contribution in [0.1, 0.15) is 6.04 Å². The Bertz CT molecular complexity index is 636. The highest BCUT2D eigenvalue weighted by Crippen LogP contribution is 2.40. The minimum atomic E-state index is -1.07. The highest BCUT2D eigenvalue weighted by Gasteiger charge is 2.49. The van der Waals surface area contributed by atoms with Crippen LogP contribution >= 0.6 is 12.6 Å². The summed E-state index contributed by atoms with van der Waals surface area (Å²) in [5.41, 5.74) is 6.62. The van der Waals surface area contributed by atoms with E-state index in [-0.39, 0.29) is 12.4 Å². The average molecular weight is 297 g/mol. The first-order valence-electron chi connectivity index (χ1n) is 6.14. The normalized spacial score (nSPS) is 33.9. The van der Waals surface area contributed by atoms with Crippen molar-refractivity contribution in [1.82, 2.24) is 19.5 Å². The van der Waals surface area contributed by atoms with Crippen molar-refractivity contribution in [1.29, 1.82) is 0 Å². The molecule has 2 aromatic heterocycles. The number of imidazole rings is 1. The summed E-state index contributed by atoms with van der Waals surface area (Å²) in [4.78, 5) is 12.1. The standard InChI is InChI=1S/C11H15N5O3S/c12-10-5-11(14-2-13-10)16(3-15-5)6-8(19)7(18)4(1-17)9(6)20/h2-4,6-9,17-20H,1H2,(H2,12,13,14)/t4-,6+,7-,8+,9?/m1/s1. The molecule has 20 heavy (non-hydrogen) atoms. The van der Waals surface area contributed by atoms with Gasteiger partial charge in [-0.15, -0.1) is 0 Å². The van der Waals surface area contributed by atoms with E-state index < -0.39 is 29.4 Å². The molecule has 2 aromatic rings. The van der Waals surface area contributed by atoms with E-state index in [4.69, 9.17) is 5.73 Å². The van der Waals surface area contributed by atoms with Gasteiger partial charge in [0.05, 0.1) is 18.5 Å². The smallest absolute Gasteiger partial charge is 0.165 e. The molecule has 2 heterocycles.